The van der Waals surface area contributed by atoms with Crippen molar-refractivity contribution < 1.29 is 13.2 Å². The van der Waals surface area contributed by atoms with Crippen LogP contribution in [0.3, 0.4) is 0 Å². The van der Waals surface area contributed by atoms with Gasteiger partial charge in [0.2, 0.25) is 0 Å². The van der Waals surface area contributed by atoms with Crippen molar-refractivity contribution in [3.8, 4) is 5.75 Å². The van der Waals surface area contributed by atoms with Gasteiger partial charge in [-0.05, 0) is 48.7 Å². The van der Waals surface area contributed by atoms with Crippen molar-refractivity contribution in [2.24, 2.45) is 5.10 Å². The van der Waals surface area contributed by atoms with E-state index in [2.05, 4.69) is 16.5 Å². The minimum atomic E-state index is -3.70. The van der Waals surface area contributed by atoms with Crippen LogP contribution < -0.4 is 9.57 Å². The standard InChI is InChI=1S/C18H20N2O3S/c1-4-10-23-17-7-5-6-16(12-17)13-19-20-24(21,22)18-11-14(2)8-9-15(18)3/h4-9,11-13,20H,1,10H2,2-3H3/b19-13-. The fraction of sp³-hybridized carbons (Fsp3) is 0.167. The van der Waals surface area contributed by atoms with Crippen LogP contribution in [-0.2, 0) is 10.0 Å². The van der Waals surface area contributed by atoms with Crippen LogP contribution >= 0.6 is 0 Å². The third kappa shape index (κ3) is 4.70. The summed E-state index contributed by atoms with van der Waals surface area (Å²) in [6, 6.07) is 12.4. The summed E-state index contributed by atoms with van der Waals surface area (Å²) in [6.07, 6.45) is 3.09. The summed E-state index contributed by atoms with van der Waals surface area (Å²) in [5.41, 5.74) is 2.26. The van der Waals surface area contributed by atoms with E-state index in [0.717, 1.165) is 11.1 Å². The Morgan fingerprint density at radius 3 is 2.75 bits per heavy atom. The molecule has 6 heteroatoms. The van der Waals surface area contributed by atoms with Crippen molar-refractivity contribution in [1.29, 1.82) is 0 Å². The number of hydrogen-bond acceptors (Lipinski definition) is 4. The average molecular weight is 344 g/mol. The van der Waals surface area contributed by atoms with Gasteiger partial charge < -0.3 is 4.74 Å². The van der Waals surface area contributed by atoms with Gasteiger partial charge in [-0.25, -0.2) is 4.83 Å². The van der Waals surface area contributed by atoms with Crippen LogP contribution in [0.25, 0.3) is 0 Å². The summed E-state index contributed by atoms with van der Waals surface area (Å²) in [7, 11) is -3.70. The molecule has 5 nitrogen and oxygen atoms in total. The van der Waals surface area contributed by atoms with Crippen LogP contribution in [0.2, 0.25) is 0 Å². The smallest absolute Gasteiger partial charge is 0.276 e. The first kappa shape index (κ1) is 17.7. The summed E-state index contributed by atoms with van der Waals surface area (Å²) in [5, 5.41) is 3.84. The molecule has 0 unspecified atom stereocenters. The van der Waals surface area contributed by atoms with Gasteiger partial charge in [0.05, 0.1) is 11.1 Å². The molecule has 1 N–H and O–H groups in total. The Bertz CT molecular complexity index is 858. The molecule has 0 atom stereocenters. The van der Waals surface area contributed by atoms with E-state index in [4.69, 9.17) is 4.74 Å². The number of nitrogens with one attached hydrogen (secondary N) is 1. The minimum Gasteiger partial charge on any atom is -0.490 e. The quantitative estimate of drug-likeness (QED) is 0.476. The second-order valence-corrected chi connectivity index (χ2v) is 6.92. The van der Waals surface area contributed by atoms with Crippen molar-refractivity contribution in [3.05, 3.63) is 71.8 Å². The van der Waals surface area contributed by atoms with Crippen molar-refractivity contribution in [2.75, 3.05) is 6.61 Å². The highest BCUT2D eigenvalue weighted by atomic mass is 32.2. The SMILES string of the molecule is C=CCOc1cccc(/C=N\NS(=O)(=O)c2cc(C)ccc2C)c1. The molecule has 0 heterocycles. The third-order valence-corrected chi connectivity index (χ3v) is 4.61. The van der Waals surface area contributed by atoms with Crippen molar-refractivity contribution >= 4 is 16.2 Å². The van der Waals surface area contributed by atoms with Gasteiger partial charge in [0, 0.05) is 0 Å². The van der Waals surface area contributed by atoms with E-state index < -0.39 is 10.0 Å². The number of hydrazone groups is 1. The molecule has 2 aromatic carbocycles. The molecule has 24 heavy (non-hydrogen) atoms. The first-order chi connectivity index (χ1) is 11.4. The average Bonchev–Trinajstić information content (AvgIpc) is 2.55. The predicted molar refractivity (Wildman–Crippen MR) is 96.0 cm³/mol. The number of nitrogens with zero attached hydrogens (tertiary/aromatic N) is 1. The molecule has 126 valence electrons. The monoisotopic (exact) mass is 344 g/mol. The number of benzene rings is 2. The molecule has 0 aromatic heterocycles. The molecule has 2 aromatic rings. The summed E-state index contributed by atoms with van der Waals surface area (Å²) >= 11 is 0. The van der Waals surface area contributed by atoms with E-state index in [9.17, 15) is 8.42 Å². The summed E-state index contributed by atoms with van der Waals surface area (Å²) in [5.74, 6) is 0.663. The van der Waals surface area contributed by atoms with Crippen LogP contribution in [0, 0.1) is 13.8 Å². The Hall–Kier alpha value is -2.60. The molecule has 0 amide bonds. The zero-order chi connectivity index (χ0) is 17.6. The predicted octanol–water partition coefficient (Wildman–Crippen LogP) is 3.18. The maximum atomic E-state index is 12.3. The van der Waals surface area contributed by atoms with Crippen LogP contribution in [0.4, 0.5) is 0 Å². The molecule has 0 saturated heterocycles. The normalized spacial score (nSPS) is 11.4. The van der Waals surface area contributed by atoms with Crippen LogP contribution in [0.5, 0.6) is 5.75 Å². The second-order valence-electron chi connectivity index (χ2n) is 5.29. The van der Waals surface area contributed by atoms with Crippen molar-refractivity contribution in [3.63, 3.8) is 0 Å². The lowest BCUT2D eigenvalue weighted by atomic mass is 10.2. The van der Waals surface area contributed by atoms with E-state index in [1.165, 1.54) is 6.21 Å². The van der Waals surface area contributed by atoms with Gasteiger partial charge in [-0.15, -0.1) is 0 Å². The highest BCUT2D eigenvalue weighted by molar-refractivity contribution is 7.89. The Morgan fingerprint density at radius 2 is 2.00 bits per heavy atom. The number of hydrogen-bond donors (Lipinski definition) is 1. The molecule has 0 aliphatic carbocycles. The zero-order valence-electron chi connectivity index (χ0n) is 13.7. The molecule has 0 saturated carbocycles. The van der Waals surface area contributed by atoms with E-state index in [-0.39, 0.29) is 4.90 Å². The van der Waals surface area contributed by atoms with Crippen LogP contribution in [-0.4, -0.2) is 21.2 Å². The topological polar surface area (TPSA) is 67.8 Å². The van der Waals surface area contributed by atoms with Crippen molar-refractivity contribution in [1.82, 2.24) is 4.83 Å². The first-order valence-corrected chi connectivity index (χ1v) is 8.86. The van der Waals surface area contributed by atoms with Gasteiger partial charge >= 0.3 is 0 Å². The zero-order valence-corrected chi connectivity index (χ0v) is 14.5. The molecule has 0 radical (unpaired) electrons. The molecular formula is C18H20N2O3S. The molecule has 0 bridgehead atoms. The second kappa shape index (κ2) is 7.79. The van der Waals surface area contributed by atoms with Crippen LogP contribution in [0.1, 0.15) is 16.7 Å². The fourth-order valence-electron chi connectivity index (χ4n) is 2.06. The molecule has 0 aliphatic heterocycles. The molecule has 0 fully saturated rings. The lowest BCUT2D eigenvalue weighted by Crippen LogP contribution is -2.19. The number of sulfonamides is 1. The van der Waals surface area contributed by atoms with Gasteiger partial charge in [0.15, 0.2) is 0 Å². The summed E-state index contributed by atoms with van der Waals surface area (Å²) in [4.78, 5) is 2.46. The number of rotatable bonds is 7. The van der Waals surface area contributed by atoms with E-state index >= 15 is 0 Å². The van der Waals surface area contributed by atoms with Gasteiger partial charge in [-0.1, -0.05) is 36.9 Å². The maximum Gasteiger partial charge on any atom is 0.276 e. The fourth-order valence-corrected chi connectivity index (χ4v) is 3.18. The maximum absolute atomic E-state index is 12.3. The third-order valence-electron chi connectivity index (χ3n) is 3.25. The minimum absolute atomic E-state index is 0.225. The van der Waals surface area contributed by atoms with Gasteiger partial charge in [0.1, 0.15) is 12.4 Å². The van der Waals surface area contributed by atoms with E-state index in [1.807, 2.05) is 13.0 Å². The van der Waals surface area contributed by atoms with E-state index in [1.54, 1.807) is 49.4 Å². The lowest BCUT2D eigenvalue weighted by molar-refractivity contribution is 0.363. The Morgan fingerprint density at radius 1 is 1.21 bits per heavy atom. The molecule has 0 aliphatic rings. The molecule has 0 spiro atoms. The van der Waals surface area contributed by atoms with Crippen molar-refractivity contribution in [2.45, 2.75) is 18.7 Å². The largest absolute Gasteiger partial charge is 0.490 e. The van der Waals surface area contributed by atoms with Gasteiger partial charge in [-0.2, -0.15) is 13.5 Å². The Labute approximate surface area is 142 Å². The highest BCUT2D eigenvalue weighted by Gasteiger charge is 2.15. The van der Waals surface area contributed by atoms with Gasteiger partial charge in [0.25, 0.3) is 10.0 Å². The lowest BCUT2D eigenvalue weighted by Gasteiger charge is -2.07. The Kier molecular flexibility index (Phi) is 5.76. The molecule has 2 rings (SSSR count). The Balaban J connectivity index is 2.13. The number of aryl methyl sites for hydroxylation is 2. The summed E-state index contributed by atoms with van der Waals surface area (Å²) in [6.45, 7) is 7.58. The van der Waals surface area contributed by atoms with E-state index in [0.29, 0.717) is 17.9 Å². The number of ether oxygens (including phenoxy) is 1. The van der Waals surface area contributed by atoms with Crippen LogP contribution in [0.15, 0.2) is 65.1 Å². The molecular weight excluding hydrogens is 324 g/mol. The summed E-state index contributed by atoms with van der Waals surface area (Å²) < 4.78 is 30.1. The highest BCUT2D eigenvalue weighted by Crippen LogP contribution is 2.16. The first-order valence-electron chi connectivity index (χ1n) is 7.38. The van der Waals surface area contributed by atoms with Gasteiger partial charge in [-0.3, -0.25) is 0 Å².